The van der Waals surface area contributed by atoms with Gasteiger partial charge in [-0.15, -0.1) is 0 Å². The number of benzene rings is 1. The van der Waals surface area contributed by atoms with Gasteiger partial charge in [-0.2, -0.15) is 4.98 Å². The Morgan fingerprint density at radius 1 is 0.970 bits per heavy atom. The second-order valence-corrected chi connectivity index (χ2v) is 8.96. The maximum atomic E-state index is 11.8. The average molecular weight is 445 g/mol. The van der Waals surface area contributed by atoms with Gasteiger partial charge in [0.15, 0.2) is 0 Å². The quantitative estimate of drug-likeness (QED) is 0.520. The molecular formula is C27H32N4O2. The molecule has 3 aromatic rings. The van der Waals surface area contributed by atoms with E-state index in [9.17, 15) is 4.79 Å². The highest BCUT2D eigenvalue weighted by molar-refractivity contribution is 5.75. The van der Waals surface area contributed by atoms with Gasteiger partial charge in [0, 0.05) is 62.0 Å². The smallest absolute Gasteiger partial charge is 0.251 e. The lowest BCUT2D eigenvalue weighted by Gasteiger charge is -2.38. The second kappa shape index (κ2) is 9.79. The van der Waals surface area contributed by atoms with E-state index in [1.54, 1.807) is 23.7 Å². The third-order valence-electron chi connectivity index (χ3n) is 6.81. The zero-order valence-electron chi connectivity index (χ0n) is 19.4. The van der Waals surface area contributed by atoms with E-state index >= 15 is 0 Å². The molecule has 0 N–H and O–H groups in total. The third-order valence-corrected chi connectivity index (χ3v) is 6.81. The van der Waals surface area contributed by atoms with Crippen LogP contribution in [0.3, 0.4) is 0 Å². The molecule has 0 atom stereocenters. The van der Waals surface area contributed by atoms with Crippen LogP contribution < -0.4 is 10.3 Å². The maximum Gasteiger partial charge on any atom is 0.251 e. The number of unbranched alkanes of at least 4 members (excludes halogenated alkanes) is 1. The Kier molecular flexibility index (Phi) is 6.44. The fourth-order valence-corrected chi connectivity index (χ4v) is 4.89. The fraction of sp³-hybridized carbons (Fsp3) is 0.407. The van der Waals surface area contributed by atoms with Crippen LogP contribution in [0.2, 0.25) is 0 Å². The normalized spacial score (nSPS) is 16.5. The van der Waals surface area contributed by atoms with Crippen molar-refractivity contribution in [3.63, 3.8) is 0 Å². The molecule has 172 valence electrons. The van der Waals surface area contributed by atoms with Crippen LogP contribution in [0.25, 0.3) is 16.7 Å². The van der Waals surface area contributed by atoms with Crippen molar-refractivity contribution in [3.05, 3.63) is 76.1 Å². The van der Waals surface area contributed by atoms with Crippen molar-refractivity contribution in [1.82, 2.24) is 19.4 Å². The van der Waals surface area contributed by atoms with Crippen LogP contribution in [0.4, 0.5) is 0 Å². The molecule has 2 aliphatic rings. The third kappa shape index (κ3) is 4.81. The van der Waals surface area contributed by atoms with Crippen molar-refractivity contribution >= 4 is 16.7 Å². The zero-order chi connectivity index (χ0) is 22.6. The summed E-state index contributed by atoms with van der Waals surface area (Å²) in [5.74, 6) is 0.582. The first-order valence-corrected chi connectivity index (χ1v) is 12.0. The monoisotopic (exact) mass is 444 g/mol. The van der Waals surface area contributed by atoms with Gasteiger partial charge < -0.3 is 9.64 Å². The van der Waals surface area contributed by atoms with E-state index in [1.807, 2.05) is 12.1 Å². The molecule has 33 heavy (non-hydrogen) atoms. The second-order valence-electron chi connectivity index (χ2n) is 8.96. The molecule has 6 heteroatoms. The summed E-state index contributed by atoms with van der Waals surface area (Å²) >= 11 is 0. The van der Waals surface area contributed by atoms with Gasteiger partial charge >= 0.3 is 0 Å². The topological polar surface area (TPSA) is 50.6 Å². The Morgan fingerprint density at radius 3 is 2.67 bits per heavy atom. The largest absolute Gasteiger partial charge is 0.478 e. The van der Waals surface area contributed by atoms with Gasteiger partial charge in [-0.1, -0.05) is 30.3 Å². The zero-order valence-corrected chi connectivity index (χ0v) is 19.4. The first-order valence-electron chi connectivity index (χ1n) is 12.0. The summed E-state index contributed by atoms with van der Waals surface area (Å²) in [6, 6.07) is 16.1. The fourth-order valence-electron chi connectivity index (χ4n) is 4.89. The van der Waals surface area contributed by atoms with Crippen LogP contribution >= 0.6 is 0 Å². The number of nitrogens with zero attached hydrogens (tertiary/aromatic N) is 4. The highest BCUT2D eigenvalue weighted by atomic mass is 16.5. The summed E-state index contributed by atoms with van der Waals surface area (Å²) < 4.78 is 7.43. The van der Waals surface area contributed by atoms with E-state index in [0.29, 0.717) is 18.1 Å². The highest BCUT2D eigenvalue weighted by Crippen LogP contribution is 2.29. The minimum Gasteiger partial charge on any atom is -0.478 e. The Bertz CT molecular complexity index is 1210. The SMILES string of the molecule is Cn1c(=O)ccc2ccc(OCCCCN3CCN(C4=CCCc5ccccc54)CC3)nc21. The van der Waals surface area contributed by atoms with E-state index in [0.717, 1.165) is 63.8 Å². The number of rotatable bonds is 7. The highest BCUT2D eigenvalue weighted by Gasteiger charge is 2.22. The number of aryl methyl sites for hydroxylation is 2. The molecule has 0 saturated carbocycles. The van der Waals surface area contributed by atoms with Gasteiger partial charge in [-0.3, -0.25) is 14.3 Å². The number of fused-ring (bicyclic) bond motifs is 2. The van der Waals surface area contributed by atoms with E-state index in [-0.39, 0.29) is 5.56 Å². The Labute approximate surface area is 195 Å². The van der Waals surface area contributed by atoms with Gasteiger partial charge in [-0.25, -0.2) is 0 Å². The summed E-state index contributed by atoms with van der Waals surface area (Å²) in [4.78, 5) is 21.5. The number of aromatic nitrogens is 2. The standard InChI is InChI=1S/C27H32N4O2/c1-29-26(32)14-12-22-11-13-25(28-27(22)29)33-20-5-4-15-30-16-18-31(19-17-30)24-10-6-8-21-7-2-3-9-23(21)24/h2-3,7,9-14H,4-6,8,15-20H2,1H3. The molecule has 0 bridgehead atoms. The average Bonchev–Trinajstić information content (AvgIpc) is 2.86. The summed E-state index contributed by atoms with van der Waals surface area (Å²) in [5.41, 5.74) is 4.95. The number of ether oxygens (including phenoxy) is 1. The summed E-state index contributed by atoms with van der Waals surface area (Å²) in [6.07, 6.45) is 6.83. The first kappa shape index (κ1) is 21.7. The predicted molar refractivity (Wildman–Crippen MR) is 132 cm³/mol. The summed E-state index contributed by atoms with van der Waals surface area (Å²) in [6.45, 7) is 6.16. The van der Waals surface area contributed by atoms with Crippen molar-refractivity contribution in [3.8, 4) is 5.88 Å². The van der Waals surface area contributed by atoms with E-state index in [1.165, 1.54) is 16.8 Å². The number of allylic oxidation sites excluding steroid dienone is 1. The van der Waals surface area contributed by atoms with E-state index in [4.69, 9.17) is 4.74 Å². The molecule has 6 nitrogen and oxygen atoms in total. The van der Waals surface area contributed by atoms with Gasteiger partial charge in [0.2, 0.25) is 5.88 Å². The van der Waals surface area contributed by atoms with Gasteiger partial charge in [0.05, 0.1) is 6.61 Å². The van der Waals surface area contributed by atoms with Crippen molar-refractivity contribution < 1.29 is 4.74 Å². The Hall–Kier alpha value is -3.12. The van der Waals surface area contributed by atoms with Crippen LogP contribution in [0, 0.1) is 0 Å². The molecule has 1 aromatic carbocycles. The minimum atomic E-state index is -0.0590. The first-order chi connectivity index (χ1) is 16.2. The number of hydrogen-bond acceptors (Lipinski definition) is 5. The van der Waals surface area contributed by atoms with Crippen LogP contribution in [0.5, 0.6) is 5.88 Å². The molecule has 1 fully saturated rings. The van der Waals surface area contributed by atoms with Crippen LogP contribution in [0.1, 0.15) is 30.4 Å². The molecule has 1 saturated heterocycles. The lowest BCUT2D eigenvalue weighted by Crippen LogP contribution is -2.45. The maximum absolute atomic E-state index is 11.8. The van der Waals surface area contributed by atoms with Gasteiger partial charge in [0.1, 0.15) is 5.65 Å². The summed E-state index contributed by atoms with van der Waals surface area (Å²) in [7, 11) is 1.74. The number of hydrogen-bond donors (Lipinski definition) is 0. The van der Waals surface area contributed by atoms with Crippen molar-refractivity contribution in [2.75, 3.05) is 39.3 Å². The molecule has 0 amide bonds. The molecule has 3 heterocycles. The number of piperazine rings is 1. The molecule has 1 aliphatic heterocycles. The molecule has 2 aromatic heterocycles. The Balaban J connectivity index is 1.06. The molecule has 0 spiro atoms. The van der Waals surface area contributed by atoms with Crippen LogP contribution in [-0.2, 0) is 13.5 Å². The Morgan fingerprint density at radius 2 is 1.79 bits per heavy atom. The van der Waals surface area contributed by atoms with E-state index < -0.39 is 0 Å². The lowest BCUT2D eigenvalue weighted by atomic mass is 9.94. The predicted octanol–water partition coefficient (Wildman–Crippen LogP) is 3.70. The van der Waals surface area contributed by atoms with E-state index in [2.05, 4.69) is 45.1 Å². The number of pyridine rings is 2. The van der Waals surface area contributed by atoms with Gasteiger partial charge in [0.25, 0.3) is 5.56 Å². The molecular weight excluding hydrogens is 412 g/mol. The van der Waals surface area contributed by atoms with Crippen LogP contribution in [-0.4, -0.2) is 58.7 Å². The van der Waals surface area contributed by atoms with Crippen molar-refractivity contribution in [1.29, 1.82) is 0 Å². The van der Waals surface area contributed by atoms with Gasteiger partial charge in [-0.05, 0) is 49.9 Å². The van der Waals surface area contributed by atoms with Crippen molar-refractivity contribution in [2.45, 2.75) is 25.7 Å². The van der Waals surface area contributed by atoms with Crippen LogP contribution in [0.15, 0.2) is 59.4 Å². The molecule has 1 aliphatic carbocycles. The molecule has 0 unspecified atom stereocenters. The lowest BCUT2D eigenvalue weighted by molar-refractivity contribution is 0.169. The summed E-state index contributed by atoms with van der Waals surface area (Å²) in [5, 5.41) is 0.941. The molecule has 0 radical (unpaired) electrons. The van der Waals surface area contributed by atoms with Crippen molar-refractivity contribution in [2.24, 2.45) is 7.05 Å². The minimum absolute atomic E-state index is 0.0590. The molecule has 5 rings (SSSR count).